The summed E-state index contributed by atoms with van der Waals surface area (Å²) in [5.74, 6) is -0.223. The molecule has 1 saturated heterocycles. The van der Waals surface area contributed by atoms with Crippen molar-refractivity contribution >= 4 is 23.2 Å². The minimum atomic E-state index is -0.511. The zero-order valence-electron chi connectivity index (χ0n) is 14.2. The Morgan fingerprint density at radius 3 is 2.73 bits per heavy atom. The van der Waals surface area contributed by atoms with E-state index >= 15 is 0 Å². The van der Waals surface area contributed by atoms with Crippen molar-refractivity contribution in [3.8, 4) is 5.75 Å². The molecule has 1 fully saturated rings. The van der Waals surface area contributed by atoms with Crippen molar-refractivity contribution in [2.45, 2.75) is 25.3 Å². The molecule has 1 unspecified atom stereocenters. The molecule has 1 amide bonds. The maximum absolute atomic E-state index is 12.8. The normalized spacial score (nSPS) is 16.5. The van der Waals surface area contributed by atoms with E-state index in [1.54, 1.807) is 23.1 Å². The van der Waals surface area contributed by atoms with Crippen LogP contribution in [0.25, 0.3) is 0 Å². The molecule has 0 spiro atoms. The Hall–Kier alpha value is -2.41. The molecule has 1 aromatic heterocycles. The van der Waals surface area contributed by atoms with Gasteiger partial charge in [-0.3, -0.25) is 4.79 Å². The van der Waals surface area contributed by atoms with Crippen molar-refractivity contribution in [3.05, 3.63) is 52.5 Å². The molecular formula is C19H20FNO4S. The fraction of sp³-hybridized carbons (Fsp3) is 0.368. The molecule has 2 heterocycles. The third-order valence-corrected chi connectivity index (χ3v) is 4.99. The predicted molar refractivity (Wildman–Crippen MR) is 95.8 cm³/mol. The highest BCUT2D eigenvalue weighted by Crippen LogP contribution is 2.23. The molecule has 26 heavy (non-hydrogen) atoms. The molecule has 0 radical (unpaired) electrons. The second kappa shape index (κ2) is 8.80. The van der Waals surface area contributed by atoms with E-state index in [9.17, 15) is 14.0 Å². The average Bonchev–Trinajstić information content (AvgIpc) is 3.34. The molecule has 1 aromatic carbocycles. The van der Waals surface area contributed by atoms with Gasteiger partial charge in [0.2, 0.25) is 0 Å². The second-order valence-electron chi connectivity index (χ2n) is 5.96. The number of ether oxygens (including phenoxy) is 2. The minimum Gasteiger partial charge on any atom is -0.493 e. The number of hydrogen-bond donors (Lipinski definition) is 0. The number of carbonyl (C=O) groups is 2. The van der Waals surface area contributed by atoms with Crippen molar-refractivity contribution in [2.24, 2.45) is 0 Å². The summed E-state index contributed by atoms with van der Waals surface area (Å²) in [4.78, 5) is 27.0. The van der Waals surface area contributed by atoms with E-state index in [1.165, 1.54) is 23.5 Å². The van der Waals surface area contributed by atoms with Gasteiger partial charge in [0.15, 0.2) is 0 Å². The summed E-state index contributed by atoms with van der Waals surface area (Å²) in [7, 11) is 0. The molecule has 7 heteroatoms. The van der Waals surface area contributed by atoms with Gasteiger partial charge in [0.1, 0.15) is 17.6 Å². The van der Waals surface area contributed by atoms with Gasteiger partial charge in [0, 0.05) is 13.0 Å². The quantitative estimate of drug-likeness (QED) is 0.547. The van der Waals surface area contributed by atoms with Gasteiger partial charge in [0.25, 0.3) is 5.91 Å². The maximum Gasteiger partial charge on any atom is 0.328 e. The molecule has 0 bridgehead atoms. The number of thiophene rings is 1. The smallest absolute Gasteiger partial charge is 0.328 e. The number of halogens is 1. The predicted octanol–water partition coefficient (Wildman–Crippen LogP) is 3.50. The maximum atomic E-state index is 12.8. The van der Waals surface area contributed by atoms with Gasteiger partial charge in [-0.05, 0) is 48.6 Å². The van der Waals surface area contributed by atoms with E-state index in [2.05, 4.69) is 0 Å². The van der Waals surface area contributed by atoms with E-state index in [-0.39, 0.29) is 24.3 Å². The van der Waals surface area contributed by atoms with Gasteiger partial charge in [-0.15, -0.1) is 11.3 Å². The Morgan fingerprint density at radius 1 is 1.19 bits per heavy atom. The molecule has 1 atom stereocenters. The van der Waals surface area contributed by atoms with Gasteiger partial charge in [0.05, 0.1) is 18.1 Å². The van der Waals surface area contributed by atoms with Crippen LogP contribution in [-0.4, -0.2) is 42.6 Å². The first-order chi connectivity index (χ1) is 12.6. The van der Waals surface area contributed by atoms with Crippen molar-refractivity contribution in [3.63, 3.8) is 0 Å². The van der Waals surface area contributed by atoms with Crippen LogP contribution in [0.1, 0.15) is 28.9 Å². The molecule has 3 rings (SSSR count). The SMILES string of the molecule is O=C(OCCCOc1ccc(F)cc1)C1CCCN1C(=O)c1cccs1. The first-order valence-electron chi connectivity index (χ1n) is 8.54. The molecular weight excluding hydrogens is 357 g/mol. The Labute approximate surface area is 155 Å². The van der Waals surface area contributed by atoms with Crippen LogP contribution >= 0.6 is 11.3 Å². The van der Waals surface area contributed by atoms with Gasteiger partial charge in [-0.1, -0.05) is 6.07 Å². The summed E-state index contributed by atoms with van der Waals surface area (Å²) in [5.41, 5.74) is 0. The number of benzene rings is 1. The van der Waals surface area contributed by atoms with Crippen molar-refractivity contribution < 1.29 is 23.5 Å². The van der Waals surface area contributed by atoms with E-state index in [4.69, 9.17) is 9.47 Å². The molecule has 5 nitrogen and oxygen atoms in total. The van der Waals surface area contributed by atoms with Crippen LogP contribution in [0.3, 0.4) is 0 Å². The number of esters is 1. The van der Waals surface area contributed by atoms with Crippen LogP contribution in [0, 0.1) is 5.82 Å². The van der Waals surface area contributed by atoms with E-state index in [0.29, 0.717) is 36.6 Å². The minimum absolute atomic E-state index is 0.112. The Morgan fingerprint density at radius 2 is 2.00 bits per heavy atom. The van der Waals surface area contributed by atoms with E-state index < -0.39 is 6.04 Å². The summed E-state index contributed by atoms with van der Waals surface area (Å²) in [6.45, 7) is 1.16. The average molecular weight is 377 g/mol. The largest absolute Gasteiger partial charge is 0.493 e. The highest BCUT2D eigenvalue weighted by atomic mass is 32.1. The Balaban J connectivity index is 1.41. The summed E-state index contributed by atoms with van der Waals surface area (Å²) in [5, 5.41) is 1.84. The zero-order chi connectivity index (χ0) is 18.4. The lowest BCUT2D eigenvalue weighted by Crippen LogP contribution is -2.41. The Kier molecular flexibility index (Phi) is 6.22. The molecule has 2 aromatic rings. The monoisotopic (exact) mass is 377 g/mol. The van der Waals surface area contributed by atoms with Crippen LogP contribution in [0.15, 0.2) is 41.8 Å². The van der Waals surface area contributed by atoms with Gasteiger partial charge < -0.3 is 14.4 Å². The number of rotatable bonds is 7. The summed E-state index contributed by atoms with van der Waals surface area (Å²) >= 11 is 1.37. The fourth-order valence-corrected chi connectivity index (χ4v) is 3.52. The van der Waals surface area contributed by atoms with Crippen LogP contribution < -0.4 is 4.74 Å². The third kappa shape index (κ3) is 4.60. The molecule has 1 aliphatic rings. The number of nitrogens with zero attached hydrogens (tertiary/aromatic N) is 1. The molecule has 138 valence electrons. The lowest BCUT2D eigenvalue weighted by atomic mass is 10.2. The summed E-state index contributed by atoms with van der Waals surface area (Å²) in [6.07, 6.45) is 1.95. The number of hydrogen-bond acceptors (Lipinski definition) is 5. The highest BCUT2D eigenvalue weighted by Gasteiger charge is 2.35. The summed E-state index contributed by atoms with van der Waals surface area (Å²) < 4.78 is 23.6. The van der Waals surface area contributed by atoms with Crippen molar-refractivity contribution in [2.75, 3.05) is 19.8 Å². The molecule has 1 aliphatic heterocycles. The fourth-order valence-electron chi connectivity index (χ4n) is 2.85. The van der Waals surface area contributed by atoms with Crippen molar-refractivity contribution in [1.82, 2.24) is 4.90 Å². The third-order valence-electron chi connectivity index (χ3n) is 4.13. The number of carbonyl (C=O) groups excluding carboxylic acids is 2. The first kappa shape index (κ1) is 18.4. The van der Waals surface area contributed by atoms with Crippen LogP contribution in [-0.2, 0) is 9.53 Å². The van der Waals surface area contributed by atoms with Gasteiger partial charge >= 0.3 is 5.97 Å². The first-order valence-corrected chi connectivity index (χ1v) is 9.42. The molecule has 0 aliphatic carbocycles. The van der Waals surface area contributed by atoms with Crippen LogP contribution in [0.4, 0.5) is 4.39 Å². The van der Waals surface area contributed by atoms with E-state index in [1.807, 2.05) is 11.4 Å². The zero-order valence-corrected chi connectivity index (χ0v) is 15.0. The van der Waals surface area contributed by atoms with Crippen LogP contribution in [0.2, 0.25) is 0 Å². The van der Waals surface area contributed by atoms with Gasteiger partial charge in [-0.2, -0.15) is 0 Å². The highest BCUT2D eigenvalue weighted by molar-refractivity contribution is 7.12. The Bertz CT molecular complexity index is 733. The number of amides is 1. The second-order valence-corrected chi connectivity index (χ2v) is 6.91. The standard InChI is InChI=1S/C19H20FNO4S/c20-14-6-8-15(9-7-14)24-11-3-12-25-19(23)16-4-1-10-21(16)18(22)17-5-2-13-26-17/h2,5-9,13,16H,1,3-4,10-12H2. The lowest BCUT2D eigenvalue weighted by molar-refractivity contribution is -0.148. The van der Waals surface area contributed by atoms with E-state index in [0.717, 1.165) is 6.42 Å². The van der Waals surface area contributed by atoms with Gasteiger partial charge in [-0.25, -0.2) is 9.18 Å². The summed E-state index contributed by atoms with van der Waals surface area (Å²) in [6, 6.07) is 8.83. The number of likely N-dealkylation sites (tertiary alicyclic amines) is 1. The topological polar surface area (TPSA) is 55.8 Å². The molecule has 0 N–H and O–H groups in total. The lowest BCUT2D eigenvalue weighted by Gasteiger charge is -2.22. The van der Waals surface area contributed by atoms with Crippen molar-refractivity contribution in [1.29, 1.82) is 0 Å². The van der Waals surface area contributed by atoms with Crippen LogP contribution in [0.5, 0.6) is 5.75 Å². The molecule has 0 saturated carbocycles.